The van der Waals surface area contributed by atoms with Gasteiger partial charge in [-0.2, -0.15) is 11.8 Å². The number of hydrogen-bond donors (Lipinski definition) is 1. The maximum absolute atomic E-state index is 9.81. The van der Waals surface area contributed by atoms with E-state index >= 15 is 0 Å². The van der Waals surface area contributed by atoms with E-state index in [-0.39, 0.29) is 12.2 Å². The molecule has 0 radical (unpaired) electrons. The summed E-state index contributed by atoms with van der Waals surface area (Å²) >= 11 is 1.85. The summed E-state index contributed by atoms with van der Waals surface area (Å²) in [4.78, 5) is 2.23. The molecule has 0 aliphatic rings. The van der Waals surface area contributed by atoms with Crippen LogP contribution in [0.4, 0.5) is 0 Å². The first-order chi connectivity index (χ1) is 7.51. The molecule has 16 heavy (non-hydrogen) atoms. The van der Waals surface area contributed by atoms with E-state index in [9.17, 15) is 5.11 Å². The Bertz CT molecular complexity index is 167. The van der Waals surface area contributed by atoms with Gasteiger partial charge in [0.05, 0.1) is 18.8 Å². The van der Waals surface area contributed by atoms with Crippen LogP contribution < -0.4 is 0 Å². The molecule has 0 heterocycles. The Morgan fingerprint density at radius 2 is 2.00 bits per heavy atom. The van der Waals surface area contributed by atoms with Gasteiger partial charge in [0.1, 0.15) is 0 Å². The van der Waals surface area contributed by atoms with Crippen molar-refractivity contribution in [3.05, 3.63) is 0 Å². The number of thioether (sulfide) groups is 1. The number of aliphatic hydroxyl groups is 1. The van der Waals surface area contributed by atoms with E-state index in [0.717, 1.165) is 12.2 Å². The predicted molar refractivity (Wildman–Crippen MR) is 72.2 cm³/mol. The normalized spacial score (nSPS) is 15.8. The molecule has 0 saturated heterocycles. The van der Waals surface area contributed by atoms with Crippen LogP contribution in [-0.4, -0.2) is 60.5 Å². The zero-order valence-electron chi connectivity index (χ0n) is 11.3. The Morgan fingerprint density at radius 1 is 1.38 bits per heavy atom. The molecular formula is C12H27NO2S. The van der Waals surface area contributed by atoms with E-state index in [1.54, 1.807) is 0 Å². The van der Waals surface area contributed by atoms with Gasteiger partial charge in [0.25, 0.3) is 0 Å². The van der Waals surface area contributed by atoms with Crippen LogP contribution in [0, 0.1) is 0 Å². The molecule has 0 saturated carbocycles. The molecule has 2 unspecified atom stereocenters. The van der Waals surface area contributed by atoms with Crippen LogP contribution in [0.2, 0.25) is 0 Å². The summed E-state index contributed by atoms with van der Waals surface area (Å²) in [6, 6.07) is 0.545. The third-order valence-corrected chi connectivity index (χ3v) is 3.29. The van der Waals surface area contributed by atoms with Gasteiger partial charge in [0.2, 0.25) is 0 Å². The highest BCUT2D eigenvalue weighted by Gasteiger charge is 2.16. The summed E-state index contributed by atoms with van der Waals surface area (Å²) in [7, 11) is 2.07. The van der Waals surface area contributed by atoms with Crippen molar-refractivity contribution in [3.63, 3.8) is 0 Å². The van der Waals surface area contributed by atoms with Crippen LogP contribution in [0.15, 0.2) is 0 Å². The highest BCUT2D eigenvalue weighted by Crippen LogP contribution is 2.09. The summed E-state index contributed by atoms with van der Waals surface area (Å²) in [5.41, 5.74) is 0. The van der Waals surface area contributed by atoms with Crippen LogP contribution in [0.1, 0.15) is 27.2 Å². The molecule has 0 aliphatic carbocycles. The number of ether oxygens (including phenoxy) is 1. The average molecular weight is 249 g/mol. The maximum Gasteiger partial charge on any atom is 0.0900 e. The first-order valence-corrected chi connectivity index (χ1v) is 7.39. The van der Waals surface area contributed by atoms with Gasteiger partial charge in [-0.05, 0) is 33.6 Å². The predicted octanol–water partition coefficient (Wildman–Crippen LogP) is 1.85. The molecule has 0 amide bonds. The number of likely N-dealkylation sites (N-methyl/N-ethyl adjacent to an activating group) is 1. The molecule has 0 aromatic carbocycles. The molecule has 0 aliphatic heterocycles. The van der Waals surface area contributed by atoms with Gasteiger partial charge in [0, 0.05) is 18.3 Å². The molecule has 0 aromatic rings. The molecule has 1 N–H and O–H groups in total. The first kappa shape index (κ1) is 16.2. The molecule has 0 rings (SSSR count). The second kappa shape index (κ2) is 9.28. The molecule has 0 bridgehead atoms. The van der Waals surface area contributed by atoms with Crippen molar-refractivity contribution in [1.29, 1.82) is 0 Å². The SMILES string of the molecule is CCC(CSC)N(C)CC(O)COC(C)C. The smallest absolute Gasteiger partial charge is 0.0900 e. The van der Waals surface area contributed by atoms with Crippen LogP contribution >= 0.6 is 11.8 Å². The van der Waals surface area contributed by atoms with Crippen molar-refractivity contribution >= 4 is 11.8 Å². The van der Waals surface area contributed by atoms with Crippen LogP contribution in [-0.2, 0) is 4.74 Å². The molecule has 2 atom stereocenters. The molecular weight excluding hydrogens is 222 g/mol. The third-order valence-electron chi connectivity index (χ3n) is 2.57. The molecule has 0 spiro atoms. The summed E-state index contributed by atoms with van der Waals surface area (Å²) in [6.07, 6.45) is 3.04. The summed E-state index contributed by atoms with van der Waals surface area (Å²) < 4.78 is 5.40. The Kier molecular flexibility index (Phi) is 9.41. The van der Waals surface area contributed by atoms with Gasteiger partial charge in [-0.1, -0.05) is 6.92 Å². The zero-order chi connectivity index (χ0) is 12.6. The van der Waals surface area contributed by atoms with Gasteiger partial charge < -0.3 is 9.84 Å². The molecule has 4 heteroatoms. The van der Waals surface area contributed by atoms with Crippen LogP contribution in [0.3, 0.4) is 0 Å². The van der Waals surface area contributed by atoms with E-state index < -0.39 is 0 Å². The standard InChI is InChI=1S/C12H27NO2S/c1-6-11(9-16-5)13(4)7-12(14)8-15-10(2)3/h10-12,14H,6-9H2,1-5H3. The van der Waals surface area contributed by atoms with Crippen LogP contribution in [0.25, 0.3) is 0 Å². The number of nitrogens with zero attached hydrogens (tertiary/aromatic N) is 1. The van der Waals surface area contributed by atoms with Crippen molar-refractivity contribution in [2.24, 2.45) is 0 Å². The van der Waals surface area contributed by atoms with Crippen molar-refractivity contribution in [3.8, 4) is 0 Å². The number of rotatable bonds is 9. The van der Waals surface area contributed by atoms with Gasteiger partial charge in [-0.25, -0.2) is 0 Å². The Morgan fingerprint density at radius 3 is 2.44 bits per heavy atom. The lowest BCUT2D eigenvalue weighted by Gasteiger charge is -2.28. The van der Waals surface area contributed by atoms with E-state index in [1.165, 1.54) is 0 Å². The average Bonchev–Trinajstić information content (AvgIpc) is 2.22. The van der Waals surface area contributed by atoms with Gasteiger partial charge in [0.15, 0.2) is 0 Å². The highest BCUT2D eigenvalue weighted by atomic mass is 32.2. The topological polar surface area (TPSA) is 32.7 Å². The van der Waals surface area contributed by atoms with Crippen molar-refractivity contribution in [2.75, 3.05) is 32.2 Å². The van der Waals surface area contributed by atoms with Gasteiger partial charge in [-0.3, -0.25) is 4.90 Å². The maximum atomic E-state index is 9.81. The lowest BCUT2D eigenvalue weighted by molar-refractivity contribution is -0.00927. The fraction of sp³-hybridized carbons (Fsp3) is 1.00. The second-order valence-electron chi connectivity index (χ2n) is 4.49. The van der Waals surface area contributed by atoms with Gasteiger partial charge in [-0.15, -0.1) is 0 Å². The number of hydrogen-bond acceptors (Lipinski definition) is 4. The summed E-state index contributed by atoms with van der Waals surface area (Å²) in [6.45, 7) is 7.27. The van der Waals surface area contributed by atoms with Gasteiger partial charge >= 0.3 is 0 Å². The Balaban J connectivity index is 3.86. The summed E-state index contributed by atoms with van der Waals surface area (Å²) in [5.74, 6) is 1.12. The fourth-order valence-corrected chi connectivity index (χ4v) is 2.46. The van der Waals surface area contributed by atoms with Crippen LogP contribution in [0.5, 0.6) is 0 Å². The molecule has 3 nitrogen and oxygen atoms in total. The minimum Gasteiger partial charge on any atom is -0.389 e. The lowest BCUT2D eigenvalue weighted by Crippen LogP contribution is -2.40. The quantitative estimate of drug-likeness (QED) is 0.676. The van der Waals surface area contributed by atoms with E-state index in [2.05, 4.69) is 25.1 Å². The van der Waals surface area contributed by atoms with E-state index in [1.807, 2.05) is 25.6 Å². The molecule has 98 valence electrons. The Hall–Kier alpha value is 0.230. The number of aliphatic hydroxyl groups excluding tert-OH is 1. The molecule has 0 aromatic heterocycles. The highest BCUT2D eigenvalue weighted by molar-refractivity contribution is 7.98. The fourth-order valence-electron chi connectivity index (χ4n) is 1.59. The molecule has 0 fully saturated rings. The first-order valence-electron chi connectivity index (χ1n) is 6.00. The lowest BCUT2D eigenvalue weighted by atomic mass is 10.2. The van der Waals surface area contributed by atoms with E-state index in [4.69, 9.17) is 4.74 Å². The second-order valence-corrected chi connectivity index (χ2v) is 5.40. The van der Waals surface area contributed by atoms with Crippen molar-refractivity contribution in [1.82, 2.24) is 4.90 Å². The minimum absolute atomic E-state index is 0.188. The van der Waals surface area contributed by atoms with E-state index in [0.29, 0.717) is 19.2 Å². The Labute approximate surface area is 105 Å². The largest absolute Gasteiger partial charge is 0.389 e. The minimum atomic E-state index is -0.386. The zero-order valence-corrected chi connectivity index (χ0v) is 12.1. The van der Waals surface area contributed by atoms with Crippen molar-refractivity contribution in [2.45, 2.75) is 45.4 Å². The monoisotopic (exact) mass is 249 g/mol. The third kappa shape index (κ3) is 7.49. The summed E-state index contributed by atoms with van der Waals surface area (Å²) in [5, 5.41) is 9.81. The van der Waals surface area contributed by atoms with Crippen molar-refractivity contribution < 1.29 is 9.84 Å².